The number of methoxy groups -OCH3 is 2. The monoisotopic (exact) mass is 446 g/mol. The molecule has 1 atom stereocenters. The molecule has 178 valence electrons. The fraction of sp³-hybridized carbons (Fsp3) is 0.625. The number of benzene rings is 1. The third-order valence-corrected chi connectivity index (χ3v) is 5.62. The molecule has 8 heteroatoms. The summed E-state index contributed by atoms with van der Waals surface area (Å²) in [4.78, 5) is 28.0. The van der Waals surface area contributed by atoms with Gasteiger partial charge in [0.25, 0.3) is 5.91 Å². The van der Waals surface area contributed by atoms with Gasteiger partial charge in [0.1, 0.15) is 12.3 Å². The first kappa shape index (κ1) is 25.8. The summed E-state index contributed by atoms with van der Waals surface area (Å²) in [6.07, 6.45) is 6.50. The van der Waals surface area contributed by atoms with Crippen molar-refractivity contribution in [2.45, 2.75) is 70.7 Å². The predicted molar refractivity (Wildman–Crippen MR) is 126 cm³/mol. The molecule has 1 aromatic carbocycles. The molecule has 2 amide bonds. The standard InChI is InChI=1S/C24H38N4O4/c1-18(2)15-21(24(30)26-19-11-7-5-8-12-19)28(17-23(31-3)32-4)22(29)16-25-27-20-13-9-6-10-14-20/h6,9-10,13-14,16,18-19,21,23,27H,5,7-8,11-12,15,17H2,1-4H3,(H,26,30)/b25-16+. The summed E-state index contributed by atoms with van der Waals surface area (Å²) in [7, 11) is 3.03. The van der Waals surface area contributed by atoms with E-state index in [4.69, 9.17) is 9.47 Å². The Labute approximate surface area is 191 Å². The number of hydrazone groups is 1. The average molecular weight is 447 g/mol. The van der Waals surface area contributed by atoms with Crippen molar-refractivity contribution in [1.82, 2.24) is 10.2 Å². The van der Waals surface area contributed by atoms with Gasteiger partial charge in [-0.3, -0.25) is 15.0 Å². The molecule has 1 fully saturated rings. The van der Waals surface area contributed by atoms with Crippen LogP contribution in [0.1, 0.15) is 52.4 Å². The second kappa shape index (κ2) is 13.9. The van der Waals surface area contributed by atoms with E-state index in [1.807, 2.05) is 44.2 Å². The number of carbonyl (C=O) groups is 2. The van der Waals surface area contributed by atoms with Crippen LogP contribution in [0.25, 0.3) is 0 Å². The number of ether oxygens (including phenoxy) is 2. The van der Waals surface area contributed by atoms with Crippen molar-refractivity contribution in [3.63, 3.8) is 0 Å². The Hall–Kier alpha value is -2.45. The lowest BCUT2D eigenvalue weighted by Crippen LogP contribution is -2.55. The average Bonchev–Trinajstić information content (AvgIpc) is 2.80. The minimum Gasteiger partial charge on any atom is -0.354 e. The van der Waals surface area contributed by atoms with Gasteiger partial charge in [-0.25, -0.2) is 0 Å². The van der Waals surface area contributed by atoms with Gasteiger partial charge in [0.15, 0.2) is 6.29 Å². The van der Waals surface area contributed by atoms with Crippen LogP contribution in [0, 0.1) is 5.92 Å². The quantitative estimate of drug-likeness (QED) is 0.292. The summed E-state index contributed by atoms with van der Waals surface area (Å²) in [5, 5.41) is 7.25. The van der Waals surface area contributed by atoms with E-state index in [0.29, 0.717) is 6.42 Å². The van der Waals surface area contributed by atoms with Crippen molar-refractivity contribution in [2.24, 2.45) is 11.0 Å². The van der Waals surface area contributed by atoms with Crippen molar-refractivity contribution in [3.8, 4) is 0 Å². The molecule has 0 saturated heterocycles. The summed E-state index contributed by atoms with van der Waals surface area (Å²) in [5.74, 6) is -0.290. The molecule has 2 N–H and O–H groups in total. The Morgan fingerprint density at radius 2 is 1.78 bits per heavy atom. The molecule has 0 radical (unpaired) electrons. The maximum Gasteiger partial charge on any atom is 0.267 e. The van der Waals surface area contributed by atoms with Crippen LogP contribution in [0.15, 0.2) is 35.4 Å². The van der Waals surface area contributed by atoms with E-state index in [1.54, 1.807) is 0 Å². The fourth-order valence-electron chi connectivity index (χ4n) is 3.89. The predicted octanol–water partition coefficient (Wildman–Crippen LogP) is 3.40. The van der Waals surface area contributed by atoms with Crippen molar-refractivity contribution in [2.75, 3.05) is 26.2 Å². The number of hydrogen-bond acceptors (Lipinski definition) is 6. The highest BCUT2D eigenvalue weighted by molar-refractivity contribution is 6.26. The lowest BCUT2D eigenvalue weighted by atomic mass is 9.94. The van der Waals surface area contributed by atoms with Crippen LogP contribution in [0.3, 0.4) is 0 Å². The Bertz CT molecular complexity index is 716. The normalized spacial score (nSPS) is 15.8. The molecule has 1 saturated carbocycles. The molecule has 8 nitrogen and oxygen atoms in total. The highest BCUT2D eigenvalue weighted by atomic mass is 16.7. The molecule has 0 spiro atoms. The van der Waals surface area contributed by atoms with Crippen LogP contribution >= 0.6 is 0 Å². The van der Waals surface area contributed by atoms with Crippen LogP contribution in [-0.2, 0) is 19.1 Å². The molecular formula is C24H38N4O4. The summed E-state index contributed by atoms with van der Waals surface area (Å²) < 4.78 is 10.7. The van der Waals surface area contributed by atoms with Gasteiger partial charge < -0.3 is 19.7 Å². The Morgan fingerprint density at radius 3 is 2.38 bits per heavy atom. The number of hydrogen-bond donors (Lipinski definition) is 2. The highest BCUT2D eigenvalue weighted by Gasteiger charge is 2.33. The van der Waals surface area contributed by atoms with E-state index in [-0.39, 0.29) is 30.3 Å². The summed E-state index contributed by atoms with van der Waals surface area (Å²) in [6, 6.07) is 8.88. The molecule has 2 rings (SSSR count). The van der Waals surface area contributed by atoms with E-state index in [1.165, 1.54) is 31.8 Å². The van der Waals surface area contributed by atoms with Gasteiger partial charge >= 0.3 is 0 Å². The van der Waals surface area contributed by atoms with Gasteiger partial charge in [0.05, 0.1) is 12.2 Å². The van der Waals surface area contributed by atoms with Gasteiger partial charge in [-0.1, -0.05) is 51.3 Å². The molecule has 0 aliphatic heterocycles. The molecule has 1 aromatic rings. The maximum atomic E-state index is 13.3. The Morgan fingerprint density at radius 1 is 1.12 bits per heavy atom. The maximum absolute atomic E-state index is 13.3. The van der Waals surface area contributed by atoms with Gasteiger partial charge in [-0.2, -0.15) is 5.10 Å². The number of anilines is 1. The number of nitrogens with one attached hydrogen (secondary N) is 2. The minimum atomic E-state index is -0.647. The lowest BCUT2D eigenvalue weighted by Gasteiger charge is -2.34. The summed E-state index contributed by atoms with van der Waals surface area (Å²) >= 11 is 0. The third-order valence-electron chi connectivity index (χ3n) is 5.62. The van der Waals surface area contributed by atoms with Gasteiger partial charge in [-0.15, -0.1) is 0 Å². The van der Waals surface area contributed by atoms with E-state index in [0.717, 1.165) is 31.4 Å². The molecule has 0 aromatic heterocycles. The van der Waals surface area contributed by atoms with E-state index in [2.05, 4.69) is 15.8 Å². The van der Waals surface area contributed by atoms with Crippen molar-refractivity contribution < 1.29 is 19.1 Å². The number of carbonyl (C=O) groups excluding carboxylic acids is 2. The number of amides is 2. The zero-order valence-corrected chi connectivity index (χ0v) is 19.8. The highest BCUT2D eigenvalue weighted by Crippen LogP contribution is 2.19. The second-order valence-electron chi connectivity index (χ2n) is 8.62. The molecule has 1 aliphatic carbocycles. The molecule has 32 heavy (non-hydrogen) atoms. The van der Waals surface area contributed by atoms with E-state index >= 15 is 0 Å². The number of para-hydroxylation sites is 1. The SMILES string of the molecule is COC(CN(C(=O)/C=N/Nc1ccccc1)C(CC(C)C)C(=O)NC1CCCCC1)OC. The van der Waals surface area contributed by atoms with Crippen molar-refractivity contribution in [3.05, 3.63) is 30.3 Å². The number of nitrogens with zero attached hydrogens (tertiary/aromatic N) is 2. The first-order chi connectivity index (χ1) is 15.4. The molecule has 0 heterocycles. The molecule has 0 bridgehead atoms. The van der Waals surface area contributed by atoms with Crippen LogP contribution in [0.4, 0.5) is 5.69 Å². The first-order valence-electron chi connectivity index (χ1n) is 11.4. The number of rotatable bonds is 12. The molecule has 1 unspecified atom stereocenters. The van der Waals surface area contributed by atoms with Gasteiger partial charge in [-0.05, 0) is 37.3 Å². The van der Waals surface area contributed by atoms with Gasteiger partial charge in [0.2, 0.25) is 5.91 Å². The van der Waals surface area contributed by atoms with Crippen LogP contribution in [0.2, 0.25) is 0 Å². The minimum absolute atomic E-state index is 0.124. The zero-order chi connectivity index (χ0) is 23.3. The molecule has 1 aliphatic rings. The van der Waals surface area contributed by atoms with E-state index in [9.17, 15) is 9.59 Å². The van der Waals surface area contributed by atoms with Gasteiger partial charge in [0, 0.05) is 20.3 Å². The fourth-order valence-corrected chi connectivity index (χ4v) is 3.89. The van der Waals surface area contributed by atoms with Crippen molar-refractivity contribution in [1.29, 1.82) is 0 Å². The second-order valence-corrected chi connectivity index (χ2v) is 8.62. The van der Waals surface area contributed by atoms with Crippen LogP contribution in [0.5, 0.6) is 0 Å². The van der Waals surface area contributed by atoms with Crippen LogP contribution in [-0.4, -0.2) is 62.1 Å². The largest absolute Gasteiger partial charge is 0.354 e. The Kier molecular flexibility index (Phi) is 11.2. The van der Waals surface area contributed by atoms with Crippen molar-refractivity contribution >= 4 is 23.7 Å². The first-order valence-corrected chi connectivity index (χ1v) is 11.4. The Balaban J connectivity index is 2.19. The molecular weight excluding hydrogens is 408 g/mol. The topological polar surface area (TPSA) is 92.3 Å². The zero-order valence-electron chi connectivity index (χ0n) is 19.8. The smallest absolute Gasteiger partial charge is 0.267 e. The lowest BCUT2D eigenvalue weighted by molar-refractivity contribution is -0.150. The third kappa shape index (κ3) is 8.59. The van der Waals surface area contributed by atoms with Crippen LogP contribution < -0.4 is 10.7 Å². The summed E-state index contributed by atoms with van der Waals surface area (Å²) in [5.41, 5.74) is 3.61. The van der Waals surface area contributed by atoms with E-state index < -0.39 is 12.3 Å². The summed E-state index contributed by atoms with van der Waals surface area (Å²) in [6.45, 7) is 4.20.